The van der Waals surface area contributed by atoms with Crippen LogP contribution in [-0.2, 0) is 4.74 Å². The van der Waals surface area contributed by atoms with Gasteiger partial charge in [0.1, 0.15) is 11.5 Å². The number of amides is 1. The summed E-state index contributed by atoms with van der Waals surface area (Å²) in [7, 11) is 3.19. The first kappa shape index (κ1) is 19.5. The van der Waals surface area contributed by atoms with Crippen molar-refractivity contribution in [2.75, 3.05) is 47.1 Å². The van der Waals surface area contributed by atoms with E-state index in [1.54, 1.807) is 26.4 Å². The van der Waals surface area contributed by atoms with Crippen LogP contribution in [0.2, 0.25) is 0 Å². The largest absolute Gasteiger partial charge is 0.496 e. The fraction of sp³-hybridized carbons (Fsp3) is 0.632. The van der Waals surface area contributed by atoms with Crippen molar-refractivity contribution in [2.24, 2.45) is 5.92 Å². The minimum Gasteiger partial charge on any atom is -0.496 e. The summed E-state index contributed by atoms with van der Waals surface area (Å²) in [6, 6.07) is 3.81. The molecule has 0 bridgehead atoms. The highest BCUT2D eigenvalue weighted by Gasteiger charge is 2.24. The Morgan fingerprint density at radius 1 is 1.20 bits per heavy atom. The van der Waals surface area contributed by atoms with E-state index in [1.807, 2.05) is 6.92 Å². The Labute approximate surface area is 150 Å². The third kappa shape index (κ3) is 4.86. The summed E-state index contributed by atoms with van der Waals surface area (Å²) in [5, 5.41) is 3.07. The predicted octanol–water partition coefficient (Wildman–Crippen LogP) is 2.10. The van der Waals surface area contributed by atoms with Gasteiger partial charge in [-0.1, -0.05) is 13.8 Å². The van der Waals surface area contributed by atoms with Crippen LogP contribution in [0, 0.1) is 12.8 Å². The lowest BCUT2D eigenvalue weighted by Crippen LogP contribution is -2.51. The molecule has 1 saturated heterocycles. The van der Waals surface area contributed by atoms with E-state index in [2.05, 4.69) is 24.1 Å². The molecule has 1 N–H and O–H groups in total. The number of benzene rings is 1. The molecule has 0 spiro atoms. The molecule has 0 radical (unpaired) electrons. The third-order valence-electron chi connectivity index (χ3n) is 4.77. The van der Waals surface area contributed by atoms with Gasteiger partial charge in [-0.3, -0.25) is 9.69 Å². The predicted molar refractivity (Wildman–Crippen MR) is 97.6 cm³/mol. The molecule has 1 fully saturated rings. The molecule has 1 heterocycles. The van der Waals surface area contributed by atoms with E-state index >= 15 is 0 Å². The first-order valence-electron chi connectivity index (χ1n) is 8.80. The van der Waals surface area contributed by atoms with Gasteiger partial charge in [0.25, 0.3) is 5.91 Å². The number of hydrogen-bond acceptors (Lipinski definition) is 5. The maximum absolute atomic E-state index is 12.6. The van der Waals surface area contributed by atoms with Gasteiger partial charge in [-0.05, 0) is 25.0 Å². The van der Waals surface area contributed by atoms with E-state index in [0.717, 1.165) is 31.9 Å². The molecule has 0 saturated carbocycles. The van der Waals surface area contributed by atoms with Crippen molar-refractivity contribution in [3.8, 4) is 11.5 Å². The van der Waals surface area contributed by atoms with Crippen LogP contribution < -0.4 is 14.8 Å². The van der Waals surface area contributed by atoms with Crippen molar-refractivity contribution in [3.63, 3.8) is 0 Å². The molecule has 1 aliphatic heterocycles. The average molecular weight is 350 g/mol. The molecule has 6 nitrogen and oxygen atoms in total. The second kappa shape index (κ2) is 9.06. The first-order chi connectivity index (χ1) is 12.0. The summed E-state index contributed by atoms with van der Waals surface area (Å²) in [5.74, 6) is 1.63. The number of ether oxygens (including phenoxy) is 3. The van der Waals surface area contributed by atoms with Gasteiger partial charge in [0.15, 0.2) is 0 Å². The van der Waals surface area contributed by atoms with Crippen LogP contribution in [0.1, 0.15) is 29.8 Å². The van der Waals surface area contributed by atoms with Crippen molar-refractivity contribution in [2.45, 2.75) is 26.8 Å². The number of carbonyl (C=O) groups is 1. The zero-order chi connectivity index (χ0) is 18.4. The van der Waals surface area contributed by atoms with Gasteiger partial charge in [0, 0.05) is 36.8 Å². The SMILES string of the molecule is COc1cc(C(=O)NCC(C(C)C)N2CCOCC2)cc(OC)c1C. The molecular weight excluding hydrogens is 320 g/mol. The smallest absolute Gasteiger partial charge is 0.251 e. The molecule has 0 aromatic heterocycles. The molecule has 140 valence electrons. The Morgan fingerprint density at radius 2 is 1.76 bits per heavy atom. The Morgan fingerprint density at radius 3 is 2.24 bits per heavy atom. The van der Waals surface area contributed by atoms with Crippen LogP contribution in [0.3, 0.4) is 0 Å². The maximum Gasteiger partial charge on any atom is 0.251 e. The van der Waals surface area contributed by atoms with E-state index in [4.69, 9.17) is 14.2 Å². The normalized spacial score (nSPS) is 16.6. The zero-order valence-corrected chi connectivity index (χ0v) is 15.9. The fourth-order valence-corrected chi connectivity index (χ4v) is 3.21. The van der Waals surface area contributed by atoms with Gasteiger partial charge < -0.3 is 19.5 Å². The molecule has 1 aliphatic rings. The van der Waals surface area contributed by atoms with E-state index < -0.39 is 0 Å². The molecule has 0 aliphatic carbocycles. The molecule has 1 unspecified atom stereocenters. The van der Waals surface area contributed by atoms with Gasteiger partial charge >= 0.3 is 0 Å². The van der Waals surface area contributed by atoms with Crippen molar-refractivity contribution in [1.82, 2.24) is 10.2 Å². The molecular formula is C19H30N2O4. The molecule has 1 aromatic rings. The Kier molecular flexibility index (Phi) is 7.08. The lowest BCUT2D eigenvalue weighted by Gasteiger charge is -2.36. The van der Waals surface area contributed by atoms with Crippen molar-refractivity contribution >= 4 is 5.91 Å². The Bertz CT molecular complexity index is 558. The van der Waals surface area contributed by atoms with Crippen LogP contribution in [0.15, 0.2) is 12.1 Å². The number of morpholine rings is 1. The molecule has 2 rings (SSSR count). The topological polar surface area (TPSA) is 60.0 Å². The Hall–Kier alpha value is -1.79. The maximum atomic E-state index is 12.6. The summed E-state index contributed by atoms with van der Waals surface area (Å²) in [6.45, 7) is 10.2. The highest BCUT2D eigenvalue weighted by atomic mass is 16.5. The second-order valence-electron chi connectivity index (χ2n) is 6.68. The number of hydrogen-bond donors (Lipinski definition) is 1. The summed E-state index contributed by atoms with van der Waals surface area (Å²) in [5.41, 5.74) is 1.43. The van der Waals surface area contributed by atoms with Crippen molar-refractivity contribution in [3.05, 3.63) is 23.3 Å². The van der Waals surface area contributed by atoms with Gasteiger partial charge in [-0.15, -0.1) is 0 Å². The second-order valence-corrected chi connectivity index (χ2v) is 6.68. The highest BCUT2D eigenvalue weighted by Crippen LogP contribution is 2.29. The van der Waals surface area contributed by atoms with E-state index in [1.165, 1.54) is 0 Å². The lowest BCUT2D eigenvalue weighted by molar-refractivity contribution is 0.00672. The van der Waals surface area contributed by atoms with Crippen LogP contribution in [0.4, 0.5) is 0 Å². The quantitative estimate of drug-likeness (QED) is 0.816. The van der Waals surface area contributed by atoms with Gasteiger partial charge in [0.2, 0.25) is 0 Å². The molecule has 1 amide bonds. The van der Waals surface area contributed by atoms with Crippen molar-refractivity contribution < 1.29 is 19.0 Å². The summed E-state index contributed by atoms with van der Waals surface area (Å²) < 4.78 is 16.1. The standard InChI is InChI=1S/C19H30N2O4/c1-13(2)16(21-6-8-25-9-7-21)12-20-19(22)15-10-17(23-4)14(3)18(11-15)24-5/h10-11,13,16H,6-9,12H2,1-5H3,(H,20,22). The third-order valence-corrected chi connectivity index (χ3v) is 4.77. The molecule has 6 heteroatoms. The minimum absolute atomic E-state index is 0.115. The number of methoxy groups -OCH3 is 2. The van der Waals surface area contributed by atoms with Gasteiger partial charge in [-0.25, -0.2) is 0 Å². The van der Waals surface area contributed by atoms with Crippen molar-refractivity contribution in [1.29, 1.82) is 0 Å². The monoisotopic (exact) mass is 350 g/mol. The summed E-state index contributed by atoms with van der Waals surface area (Å²) >= 11 is 0. The van der Waals surface area contributed by atoms with Crippen LogP contribution in [-0.4, -0.2) is 63.9 Å². The number of nitrogens with one attached hydrogen (secondary N) is 1. The minimum atomic E-state index is -0.115. The summed E-state index contributed by atoms with van der Waals surface area (Å²) in [6.07, 6.45) is 0. The number of nitrogens with zero attached hydrogens (tertiary/aromatic N) is 1. The van der Waals surface area contributed by atoms with Crippen LogP contribution >= 0.6 is 0 Å². The summed E-state index contributed by atoms with van der Waals surface area (Å²) in [4.78, 5) is 15.0. The lowest BCUT2D eigenvalue weighted by atomic mass is 10.0. The number of rotatable bonds is 7. The van der Waals surface area contributed by atoms with Gasteiger partial charge in [-0.2, -0.15) is 0 Å². The van der Waals surface area contributed by atoms with E-state index in [9.17, 15) is 4.79 Å². The van der Waals surface area contributed by atoms with Crippen LogP contribution in [0.25, 0.3) is 0 Å². The number of carbonyl (C=O) groups excluding carboxylic acids is 1. The molecule has 25 heavy (non-hydrogen) atoms. The fourth-order valence-electron chi connectivity index (χ4n) is 3.21. The molecule has 1 atom stereocenters. The van der Waals surface area contributed by atoms with Gasteiger partial charge in [0.05, 0.1) is 27.4 Å². The van der Waals surface area contributed by atoms with Crippen LogP contribution in [0.5, 0.6) is 11.5 Å². The highest BCUT2D eigenvalue weighted by molar-refractivity contribution is 5.95. The first-order valence-corrected chi connectivity index (χ1v) is 8.80. The zero-order valence-electron chi connectivity index (χ0n) is 15.9. The Balaban J connectivity index is 2.07. The average Bonchev–Trinajstić information content (AvgIpc) is 2.62. The van der Waals surface area contributed by atoms with E-state index in [-0.39, 0.29) is 5.91 Å². The molecule has 1 aromatic carbocycles. The van der Waals surface area contributed by atoms with E-state index in [0.29, 0.717) is 35.6 Å².